The molecule has 3 aliphatic heterocycles. The Balaban J connectivity index is 1.33. The van der Waals surface area contributed by atoms with Crippen molar-refractivity contribution in [3.63, 3.8) is 0 Å². The zero-order chi connectivity index (χ0) is 37.9. The van der Waals surface area contributed by atoms with Gasteiger partial charge in [0, 0.05) is 97.1 Å². The number of benzene rings is 4. The van der Waals surface area contributed by atoms with Crippen molar-refractivity contribution in [1.82, 2.24) is 9.80 Å². The summed E-state index contributed by atoms with van der Waals surface area (Å²) < 4.78 is 13.5. The summed E-state index contributed by atoms with van der Waals surface area (Å²) in [4.78, 5) is 24.0. The maximum atomic E-state index is 14.8. The molecular formula is C46H58N4O3. The molecule has 0 aliphatic carbocycles. The molecule has 0 saturated carbocycles. The maximum absolute atomic E-state index is 14.8. The predicted octanol–water partition coefficient (Wildman–Crippen LogP) is 9.68. The molecule has 4 aromatic rings. The van der Waals surface area contributed by atoms with Crippen molar-refractivity contribution in [2.75, 3.05) is 55.8 Å². The van der Waals surface area contributed by atoms with Gasteiger partial charge in [-0.2, -0.15) is 0 Å². The fourth-order valence-electron chi connectivity index (χ4n) is 8.70. The fraction of sp³-hybridized carbons (Fsp3) is 0.457. The largest absolute Gasteiger partial charge is 0.477 e. The SMILES string of the molecule is CCN(CC)c1ccc2c(c1)Oc1cc(N(CC)CC)ccc1C21c2ccccc2C(=O)N1CCN1COc2c(cc(C(C)(C)C)cc2C(C)(C)C)C1. The second kappa shape index (κ2) is 13.7. The van der Waals surface area contributed by atoms with E-state index in [0.717, 1.165) is 83.6 Å². The lowest BCUT2D eigenvalue weighted by Gasteiger charge is -2.45. The normalized spacial score (nSPS) is 16.0. The third-order valence-corrected chi connectivity index (χ3v) is 11.6. The van der Waals surface area contributed by atoms with Gasteiger partial charge < -0.3 is 24.2 Å². The van der Waals surface area contributed by atoms with E-state index in [1.165, 1.54) is 16.7 Å². The standard InChI is InChI=1S/C46H58N4O3/c1-11-48(12-2)33-19-21-37-40(27-33)53-41-28-34(49(13-3)14-4)20-22-38(41)46(37)36-18-16-15-17-35(36)43(51)50(46)24-23-47-29-31-25-32(44(5,6)7)26-39(45(8,9)10)42(31)52-30-47/h15-22,25-28H,11-14,23-24,29-30H2,1-10H3. The molecule has 3 heterocycles. The molecule has 0 saturated heterocycles. The van der Waals surface area contributed by atoms with Crippen LogP contribution in [0.5, 0.6) is 17.2 Å². The number of hydrogen-bond donors (Lipinski definition) is 0. The number of fused-ring (bicyclic) bond motifs is 7. The van der Waals surface area contributed by atoms with Crippen LogP contribution < -0.4 is 19.3 Å². The Labute approximate surface area is 317 Å². The molecule has 0 radical (unpaired) electrons. The number of amides is 1. The van der Waals surface area contributed by atoms with Crippen LogP contribution in [0.15, 0.2) is 72.8 Å². The first-order valence-electron chi connectivity index (χ1n) is 19.7. The molecule has 4 aromatic carbocycles. The van der Waals surface area contributed by atoms with Crippen LogP contribution in [-0.2, 0) is 22.9 Å². The molecule has 1 spiro atoms. The molecule has 0 atom stereocenters. The van der Waals surface area contributed by atoms with E-state index in [4.69, 9.17) is 9.47 Å². The molecule has 0 fully saturated rings. The predicted molar refractivity (Wildman–Crippen MR) is 217 cm³/mol. The summed E-state index contributed by atoms with van der Waals surface area (Å²) in [5.74, 6) is 2.66. The van der Waals surface area contributed by atoms with Crippen molar-refractivity contribution in [3.8, 4) is 17.2 Å². The first-order chi connectivity index (χ1) is 25.3. The number of carbonyl (C=O) groups is 1. The van der Waals surface area contributed by atoms with E-state index in [9.17, 15) is 4.79 Å². The minimum absolute atomic E-state index is 0.0115. The Hall–Kier alpha value is -4.49. The van der Waals surface area contributed by atoms with Gasteiger partial charge in [-0.1, -0.05) is 84.0 Å². The van der Waals surface area contributed by atoms with Gasteiger partial charge in [-0.15, -0.1) is 0 Å². The van der Waals surface area contributed by atoms with Crippen molar-refractivity contribution >= 4 is 17.3 Å². The van der Waals surface area contributed by atoms with Crippen LogP contribution in [-0.4, -0.2) is 61.7 Å². The molecule has 3 aliphatic rings. The summed E-state index contributed by atoms with van der Waals surface area (Å²) in [6.45, 7) is 28.3. The summed E-state index contributed by atoms with van der Waals surface area (Å²) in [5, 5.41) is 0. The lowest BCUT2D eigenvalue weighted by molar-refractivity contribution is 0.0517. The molecule has 1 amide bonds. The van der Waals surface area contributed by atoms with Crippen LogP contribution in [0, 0.1) is 0 Å². The van der Waals surface area contributed by atoms with E-state index in [-0.39, 0.29) is 16.7 Å². The lowest BCUT2D eigenvalue weighted by atomic mass is 9.74. The van der Waals surface area contributed by atoms with Crippen molar-refractivity contribution in [1.29, 1.82) is 0 Å². The second-order valence-electron chi connectivity index (χ2n) is 16.9. The van der Waals surface area contributed by atoms with E-state index in [1.54, 1.807) is 0 Å². The van der Waals surface area contributed by atoms with Crippen LogP contribution >= 0.6 is 0 Å². The summed E-state index contributed by atoms with van der Waals surface area (Å²) in [6.07, 6.45) is 0. The minimum Gasteiger partial charge on any atom is -0.477 e. The van der Waals surface area contributed by atoms with Gasteiger partial charge >= 0.3 is 0 Å². The second-order valence-corrected chi connectivity index (χ2v) is 16.9. The van der Waals surface area contributed by atoms with Gasteiger partial charge in [0.25, 0.3) is 5.91 Å². The van der Waals surface area contributed by atoms with E-state index in [1.807, 2.05) is 12.1 Å². The fourth-order valence-corrected chi connectivity index (χ4v) is 8.70. The van der Waals surface area contributed by atoms with Crippen LogP contribution in [0.25, 0.3) is 0 Å². The number of anilines is 2. The van der Waals surface area contributed by atoms with E-state index in [0.29, 0.717) is 19.8 Å². The van der Waals surface area contributed by atoms with Gasteiger partial charge in [0.2, 0.25) is 0 Å². The molecule has 0 bridgehead atoms. The van der Waals surface area contributed by atoms with Crippen molar-refractivity contribution in [2.24, 2.45) is 0 Å². The molecule has 280 valence electrons. The molecule has 7 heteroatoms. The van der Waals surface area contributed by atoms with E-state index in [2.05, 4.69) is 150 Å². The van der Waals surface area contributed by atoms with Crippen molar-refractivity contribution in [3.05, 3.63) is 112 Å². The Kier molecular flexibility index (Phi) is 9.55. The molecular weight excluding hydrogens is 657 g/mol. The zero-order valence-electron chi connectivity index (χ0n) is 33.6. The average molecular weight is 715 g/mol. The third kappa shape index (κ3) is 6.15. The third-order valence-electron chi connectivity index (χ3n) is 11.6. The van der Waals surface area contributed by atoms with Crippen LogP contribution in [0.3, 0.4) is 0 Å². The summed E-state index contributed by atoms with van der Waals surface area (Å²) in [5.41, 5.74) is 8.89. The minimum atomic E-state index is -0.854. The Morgan fingerprint density at radius 2 is 1.28 bits per heavy atom. The number of ether oxygens (including phenoxy) is 2. The molecule has 7 nitrogen and oxygen atoms in total. The van der Waals surface area contributed by atoms with Gasteiger partial charge in [-0.3, -0.25) is 9.69 Å². The zero-order valence-corrected chi connectivity index (χ0v) is 33.6. The first kappa shape index (κ1) is 36.9. The Morgan fingerprint density at radius 3 is 1.83 bits per heavy atom. The number of hydrogen-bond acceptors (Lipinski definition) is 6. The smallest absolute Gasteiger partial charge is 0.255 e. The van der Waals surface area contributed by atoms with Crippen molar-refractivity contribution < 1.29 is 14.3 Å². The number of nitrogens with zero attached hydrogens (tertiary/aromatic N) is 4. The highest BCUT2D eigenvalue weighted by atomic mass is 16.5. The van der Waals surface area contributed by atoms with Gasteiger partial charge in [-0.05, 0) is 67.9 Å². The molecule has 53 heavy (non-hydrogen) atoms. The Morgan fingerprint density at radius 1 is 0.698 bits per heavy atom. The highest BCUT2D eigenvalue weighted by Crippen LogP contribution is 2.58. The highest BCUT2D eigenvalue weighted by molar-refractivity contribution is 6.02. The van der Waals surface area contributed by atoms with Crippen molar-refractivity contribution in [2.45, 2.75) is 92.2 Å². The van der Waals surface area contributed by atoms with Gasteiger partial charge in [-0.25, -0.2) is 0 Å². The summed E-state index contributed by atoms with van der Waals surface area (Å²) in [7, 11) is 0. The summed E-state index contributed by atoms with van der Waals surface area (Å²) >= 11 is 0. The topological polar surface area (TPSA) is 48.5 Å². The molecule has 0 N–H and O–H groups in total. The number of rotatable bonds is 9. The highest BCUT2D eigenvalue weighted by Gasteiger charge is 2.56. The van der Waals surface area contributed by atoms with E-state index < -0.39 is 5.54 Å². The van der Waals surface area contributed by atoms with Gasteiger partial charge in [0.15, 0.2) is 0 Å². The Bertz CT molecular complexity index is 1950. The van der Waals surface area contributed by atoms with Gasteiger partial charge in [0.1, 0.15) is 29.5 Å². The average Bonchev–Trinajstić information content (AvgIpc) is 3.37. The molecule has 7 rings (SSSR count). The molecule has 0 aromatic heterocycles. The monoisotopic (exact) mass is 714 g/mol. The van der Waals surface area contributed by atoms with Crippen LogP contribution in [0.2, 0.25) is 0 Å². The first-order valence-corrected chi connectivity index (χ1v) is 19.7. The van der Waals surface area contributed by atoms with Crippen LogP contribution in [0.1, 0.15) is 113 Å². The molecule has 0 unspecified atom stereocenters. The lowest BCUT2D eigenvalue weighted by Crippen LogP contribution is -2.50. The quantitative estimate of drug-likeness (QED) is 0.172. The number of carbonyl (C=O) groups excluding carboxylic acids is 1. The van der Waals surface area contributed by atoms with E-state index >= 15 is 0 Å². The van der Waals surface area contributed by atoms with Gasteiger partial charge in [0.05, 0.1) is 0 Å². The maximum Gasteiger partial charge on any atom is 0.255 e. The van der Waals surface area contributed by atoms with Crippen LogP contribution in [0.4, 0.5) is 11.4 Å². The summed E-state index contributed by atoms with van der Waals surface area (Å²) in [6, 6.07) is 26.0.